The lowest BCUT2D eigenvalue weighted by Crippen LogP contribution is -2.27. The number of hydrogen-bond donors (Lipinski definition) is 1. The van der Waals surface area contributed by atoms with Gasteiger partial charge < -0.3 is 10.1 Å². The van der Waals surface area contributed by atoms with Gasteiger partial charge in [0.2, 0.25) is 0 Å². The quantitative estimate of drug-likeness (QED) is 0.651. The minimum atomic E-state index is -0.00557. The third kappa shape index (κ3) is 15.9. The third-order valence-electron chi connectivity index (χ3n) is 2.59. The second-order valence-corrected chi connectivity index (χ2v) is 7.08. The lowest BCUT2D eigenvalue weighted by Gasteiger charge is -2.19. The van der Waals surface area contributed by atoms with Crippen molar-refractivity contribution in [2.24, 2.45) is 5.41 Å². The molecule has 0 aliphatic heterocycles. The summed E-state index contributed by atoms with van der Waals surface area (Å²) >= 11 is 0. The molecule has 104 valence electrons. The first-order valence-corrected chi connectivity index (χ1v) is 7.05. The maximum atomic E-state index is 5.64. The smallest absolute Gasteiger partial charge is 0.0599 e. The Kier molecular flexibility index (Phi) is 8.06. The van der Waals surface area contributed by atoms with Crippen LogP contribution in [0.25, 0.3) is 0 Å². The van der Waals surface area contributed by atoms with E-state index in [1.54, 1.807) is 0 Å². The van der Waals surface area contributed by atoms with Gasteiger partial charge in [0.05, 0.1) is 12.2 Å². The van der Waals surface area contributed by atoms with Gasteiger partial charge in [0.25, 0.3) is 0 Å². The Balaban J connectivity index is 3.15. The summed E-state index contributed by atoms with van der Waals surface area (Å²) in [5.74, 6) is 0. The molecule has 0 atom stereocenters. The van der Waals surface area contributed by atoms with Crippen LogP contribution >= 0.6 is 0 Å². The molecule has 1 N–H and O–H groups in total. The van der Waals surface area contributed by atoms with Crippen LogP contribution in [-0.4, -0.2) is 25.3 Å². The molecule has 0 spiro atoms. The zero-order valence-electron chi connectivity index (χ0n) is 12.9. The van der Waals surface area contributed by atoms with Gasteiger partial charge in [-0.3, -0.25) is 0 Å². The van der Waals surface area contributed by atoms with Crippen LogP contribution < -0.4 is 5.32 Å². The van der Waals surface area contributed by atoms with Crippen LogP contribution in [0.5, 0.6) is 0 Å². The minimum absolute atomic E-state index is 0.00557. The molecule has 0 unspecified atom stereocenters. The fourth-order valence-electron chi connectivity index (χ4n) is 1.64. The zero-order valence-corrected chi connectivity index (χ0v) is 12.9. The second kappa shape index (κ2) is 8.10. The molecule has 0 saturated heterocycles. The van der Waals surface area contributed by atoms with Crippen LogP contribution in [0.3, 0.4) is 0 Å². The van der Waals surface area contributed by atoms with E-state index in [9.17, 15) is 0 Å². The van der Waals surface area contributed by atoms with Gasteiger partial charge in [-0.15, -0.1) is 0 Å². The summed E-state index contributed by atoms with van der Waals surface area (Å²) < 4.78 is 5.64. The predicted octanol–water partition coefficient (Wildman–Crippen LogP) is 4.00. The van der Waals surface area contributed by atoms with Crippen LogP contribution in [0.2, 0.25) is 0 Å². The van der Waals surface area contributed by atoms with Crippen LogP contribution in [0.4, 0.5) is 0 Å². The summed E-state index contributed by atoms with van der Waals surface area (Å²) in [5.41, 5.74) is 0.488. The molecule has 0 aliphatic rings. The molecule has 0 aliphatic carbocycles. The topological polar surface area (TPSA) is 21.3 Å². The van der Waals surface area contributed by atoms with E-state index in [0.29, 0.717) is 5.41 Å². The Bertz CT molecular complexity index is 156. The minimum Gasteiger partial charge on any atom is -0.375 e. The number of ether oxygens (including phenoxy) is 1. The maximum Gasteiger partial charge on any atom is 0.0599 e. The van der Waals surface area contributed by atoms with E-state index in [2.05, 4.69) is 46.9 Å². The molecule has 0 rings (SSSR count). The summed E-state index contributed by atoms with van der Waals surface area (Å²) in [6.07, 6.45) is 5.31. The van der Waals surface area contributed by atoms with E-state index in [1.807, 2.05) is 0 Å². The van der Waals surface area contributed by atoms with Crippen molar-refractivity contribution in [1.29, 1.82) is 0 Å². The van der Waals surface area contributed by atoms with Crippen LogP contribution in [0.15, 0.2) is 0 Å². The number of rotatable bonds is 8. The molecular formula is C15H33NO. The van der Waals surface area contributed by atoms with E-state index in [1.165, 1.54) is 25.7 Å². The highest BCUT2D eigenvalue weighted by Crippen LogP contribution is 2.21. The molecule has 0 bridgehead atoms. The van der Waals surface area contributed by atoms with Gasteiger partial charge in [-0.05, 0) is 45.6 Å². The lowest BCUT2D eigenvalue weighted by atomic mass is 9.89. The normalized spacial score (nSPS) is 13.1. The van der Waals surface area contributed by atoms with Gasteiger partial charge in [0.15, 0.2) is 0 Å². The number of nitrogens with one attached hydrogen (secondary N) is 1. The molecule has 0 aromatic rings. The van der Waals surface area contributed by atoms with Crippen molar-refractivity contribution in [2.75, 3.05) is 19.7 Å². The van der Waals surface area contributed by atoms with Crippen molar-refractivity contribution < 1.29 is 4.74 Å². The highest BCUT2D eigenvalue weighted by Gasteiger charge is 2.09. The van der Waals surface area contributed by atoms with E-state index < -0.39 is 0 Å². The molecule has 0 aromatic heterocycles. The van der Waals surface area contributed by atoms with Gasteiger partial charge in [0, 0.05) is 6.54 Å². The molecule has 0 fully saturated rings. The van der Waals surface area contributed by atoms with Gasteiger partial charge in [-0.2, -0.15) is 0 Å². The average Bonchev–Trinajstić information content (AvgIpc) is 2.11. The second-order valence-electron chi connectivity index (χ2n) is 7.08. The lowest BCUT2D eigenvalue weighted by molar-refractivity contribution is -0.000758. The Hall–Kier alpha value is -0.0800. The van der Waals surface area contributed by atoms with Gasteiger partial charge in [0.1, 0.15) is 0 Å². The Labute approximate surface area is 109 Å². The first-order chi connectivity index (χ1) is 7.71. The fourth-order valence-corrected chi connectivity index (χ4v) is 1.64. The monoisotopic (exact) mass is 243 g/mol. The molecule has 2 heteroatoms. The third-order valence-corrected chi connectivity index (χ3v) is 2.59. The zero-order chi connectivity index (χ0) is 13.4. The molecule has 0 saturated carbocycles. The highest BCUT2D eigenvalue weighted by atomic mass is 16.5. The number of hydrogen-bond acceptors (Lipinski definition) is 2. The first kappa shape index (κ1) is 16.9. The van der Waals surface area contributed by atoms with Crippen molar-refractivity contribution in [2.45, 2.75) is 72.8 Å². The standard InChI is InChI=1S/C15H33NO/c1-14(2,3)10-8-7-9-11-16-12-13-17-15(4,5)6/h16H,7-13H2,1-6H3. The molecule has 2 nitrogen and oxygen atoms in total. The van der Waals surface area contributed by atoms with Crippen molar-refractivity contribution in [1.82, 2.24) is 5.32 Å². The van der Waals surface area contributed by atoms with Gasteiger partial charge >= 0.3 is 0 Å². The fraction of sp³-hybridized carbons (Fsp3) is 1.00. The molecule has 17 heavy (non-hydrogen) atoms. The van der Waals surface area contributed by atoms with Crippen LogP contribution in [0, 0.1) is 5.41 Å². The molecule has 0 amide bonds. The van der Waals surface area contributed by atoms with Crippen molar-refractivity contribution in [3.05, 3.63) is 0 Å². The van der Waals surface area contributed by atoms with Gasteiger partial charge in [-0.25, -0.2) is 0 Å². The van der Waals surface area contributed by atoms with E-state index in [0.717, 1.165) is 19.7 Å². The summed E-state index contributed by atoms with van der Waals surface area (Å²) in [6, 6.07) is 0. The van der Waals surface area contributed by atoms with Crippen molar-refractivity contribution in [3.63, 3.8) is 0 Å². The summed E-state index contributed by atoms with van der Waals surface area (Å²) in [5, 5.41) is 3.43. The summed E-state index contributed by atoms with van der Waals surface area (Å²) in [7, 11) is 0. The Morgan fingerprint density at radius 3 is 2.00 bits per heavy atom. The summed E-state index contributed by atoms with van der Waals surface area (Å²) in [4.78, 5) is 0. The largest absolute Gasteiger partial charge is 0.375 e. The predicted molar refractivity (Wildman–Crippen MR) is 76.5 cm³/mol. The molecule has 0 heterocycles. The maximum absolute atomic E-state index is 5.64. The highest BCUT2D eigenvalue weighted by molar-refractivity contribution is 4.62. The summed E-state index contributed by atoms with van der Waals surface area (Å²) in [6.45, 7) is 16.1. The van der Waals surface area contributed by atoms with Crippen molar-refractivity contribution in [3.8, 4) is 0 Å². The average molecular weight is 243 g/mol. The van der Waals surface area contributed by atoms with E-state index in [4.69, 9.17) is 4.74 Å². The first-order valence-electron chi connectivity index (χ1n) is 7.05. The van der Waals surface area contributed by atoms with Crippen molar-refractivity contribution >= 4 is 0 Å². The molecule has 0 radical (unpaired) electrons. The Morgan fingerprint density at radius 1 is 0.824 bits per heavy atom. The van der Waals surface area contributed by atoms with E-state index in [-0.39, 0.29) is 5.60 Å². The van der Waals surface area contributed by atoms with E-state index >= 15 is 0 Å². The molecule has 0 aromatic carbocycles. The number of unbranched alkanes of at least 4 members (excludes halogenated alkanes) is 2. The Morgan fingerprint density at radius 2 is 1.47 bits per heavy atom. The van der Waals surface area contributed by atoms with Crippen LogP contribution in [-0.2, 0) is 4.74 Å². The van der Waals surface area contributed by atoms with Crippen LogP contribution in [0.1, 0.15) is 67.2 Å². The molecular weight excluding hydrogens is 210 g/mol. The SMILES string of the molecule is CC(C)(C)CCCCCNCCOC(C)(C)C. The van der Waals surface area contributed by atoms with Gasteiger partial charge in [-0.1, -0.05) is 33.6 Å².